The van der Waals surface area contributed by atoms with Crippen LogP contribution in [0, 0.1) is 11.3 Å². The van der Waals surface area contributed by atoms with E-state index in [1.165, 1.54) is 12.1 Å². The summed E-state index contributed by atoms with van der Waals surface area (Å²) in [5, 5.41) is 8.53. The molecule has 0 aromatic heterocycles. The molecule has 1 aliphatic heterocycles. The van der Waals surface area contributed by atoms with Crippen LogP contribution < -0.4 is 0 Å². The third-order valence-corrected chi connectivity index (χ3v) is 3.52. The number of hydrogen-bond donors (Lipinski definition) is 0. The molecule has 0 saturated carbocycles. The molecule has 0 amide bonds. The summed E-state index contributed by atoms with van der Waals surface area (Å²) >= 11 is 0. The first-order chi connectivity index (χ1) is 10.0. The number of rotatable bonds is 4. The van der Waals surface area contributed by atoms with Gasteiger partial charge in [0.15, 0.2) is 0 Å². The highest BCUT2D eigenvalue weighted by Crippen LogP contribution is 2.31. The standard InChI is InChI=1S/C15H17F3N2O/c16-15(17,18)13-5-3-12(4-6-13)14-11-20(9-10-21-14)8-2-1-7-19/h3-6,14H,1-2,8-11H2/t14-/m0/s1. The molecule has 1 heterocycles. The third-order valence-electron chi connectivity index (χ3n) is 3.52. The van der Waals surface area contributed by atoms with E-state index >= 15 is 0 Å². The lowest BCUT2D eigenvalue weighted by atomic mass is 10.0. The molecule has 1 aliphatic rings. The van der Waals surface area contributed by atoms with Gasteiger partial charge in [0.25, 0.3) is 0 Å². The summed E-state index contributed by atoms with van der Waals surface area (Å²) in [5.41, 5.74) is 0.112. The molecule has 0 N–H and O–H groups in total. The zero-order valence-corrected chi connectivity index (χ0v) is 11.6. The summed E-state index contributed by atoms with van der Waals surface area (Å²) in [7, 11) is 0. The van der Waals surface area contributed by atoms with Gasteiger partial charge in [0.05, 0.1) is 24.3 Å². The number of alkyl halides is 3. The van der Waals surface area contributed by atoms with Crippen LogP contribution in [0.2, 0.25) is 0 Å². The molecule has 6 heteroatoms. The van der Waals surface area contributed by atoms with Gasteiger partial charge in [0, 0.05) is 19.5 Å². The smallest absolute Gasteiger partial charge is 0.371 e. The summed E-state index contributed by atoms with van der Waals surface area (Å²) in [6, 6.07) is 7.24. The predicted octanol–water partition coefficient (Wildman–Crippen LogP) is 3.38. The number of unbranched alkanes of at least 4 members (excludes halogenated alkanes) is 1. The molecule has 0 spiro atoms. The van der Waals surface area contributed by atoms with Crippen molar-refractivity contribution in [2.45, 2.75) is 25.1 Å². The van der Waals surface area contributed by atoms with Crippen molar-refractivity contribution in [1.82, 2.24) is 4.90 Å². The van der Waals surface area contributed by atoms with Crippen LogP contribution in [0.15, 0.2) is 24.3 Å². The monoisotopic (exact) mass is 298 g/mol. The molecule has 114 valence electrons. The van der Waals surface area contributed by atoms with Crippen LogP contribution in [-0.4, -0.2) is 31.1 Å². The van der Waals surface area contributed by atoms with Gasteiger partial charge < -0.3 is 4.74 Å². The van der Waals surface area contributed by atoms with Crippen LogP contribution in [0.5, 0.6) is 0 Å². The van der Waals surface area contributed by atoms with Crippen molar-refractivity contribution in [3.63, 3.8) is 0 Å². The first-order valence-electron chi connectivity index (χ1n) is 6.89. The van der Waals surface area contributed by atoms with E-state index in [2.05, 4.69) is 11.0 Å². The molecule has 21 heavy (non-hydrogen) atoms. The lowest BCUT2D eigenvalue weighted by Crippen LogP contribution is -2.38. The molecule has 1 atom stereocenters. The Bertz CT molecular complexity index is 493. The average Bonchev–Trinajstić information content (AvgIpc) is 2.47. The highest BCUT2D eigenvalue weighted by molar-refractivity contribution is 5.26. The first-order valence-corrected chi connectivity index (χ1v) is 6.89. The van der Waals surface area contributed by atoms with Gasteiger partial charge in [-0.05, 0) is 30.7 Å². The number of benzene rings is 1. The molecule has 2 rings (SSSR count). The maximum Gasteiger partial charge on any atom is 0.416 e. The fraction of sp³-hybridized carbons (Fsp3) is 0.533. The molecule has 1 saturated heterocycles. The first kappa shape index (κ1) is 15.8. The molecule has 0 unspecified atom stereocenters. The van der Waals surface area contributed by atoms with Gasteiger partial charge in [0.1, 0.15) is 0 Å². The number of halogens is 3. The summed E-state index contributed by atoms with van der Waals surface area (Å²) < 4.78 is 43.2. The number of ether oxygens (including phenoxy) is 1. The summed E-state index contributed by atoms with van der Waals surface area (Å²) in [4.78, 5) is 2.18. The normalized spacial score (nSPS) is 20.2. The number of morpholine rings is 1. The molecule has 0 bridgehead atoms. The van der Waals surface area contributed by atoms with Gasteiger partial charge in [-0.15, -0.1) is 0 Å². The minimum absolute atomic E-state index is 0.205. The van der Waals surface area contributed by atoms with Crippen molar-refractivity contribution in [3.8, 4) is 6.07 Å². The number of nitrogens with zero attached hydrogens (tertiary/aromatic N) is 2. The van der Waals surface area contributed by atoms with Crippen molar-refractivity contribution in [2.24, 2.45) is 0 Å². The van der Waals surface area contributed by atoms with E-state index in [1.807, 2.05) is 0 Å². The number of hydrogen-bond acceptors (Lipinski definition) is 3. The maximum absolute atomic E-state index is 12.5. The molecule has 1 aromatic carbocycles. The maximum atomic E-state index is 12.5. The van der Waals surface area contributed by atoms with Crippen molar-refractivity contribution < 1.29 is 17.9 Å². The fourth-order valence-electron chi connectivity index (χ4n) is 2.38. The molecule has 0 radical (unpaired) electrons. The summed E-state index contributed by atoms with van der Waals surface area (Å²) in [5.74, 6) is 0. The summed E-state index contributed by atoms with van der Waals surface area (Å²) in [6.07, 6.45) is -3.20. The molecule has 0 aliphatic carbocycles. The Balaban J connectivity index is 1.96. The van der Waals surface area contributed by atoms with Gasteiger partial charge in [-0.1, -0.05) is 12.1 Å². The Kier molecular flexibility index (Phi) is 5.21. The minimum atomic E-state index is -4.31. The molecule has 3 nitrogen and oxygen atoms in total. The van der Waals surface area contributed by atoms with E-state index in [4.69, 9.17) is 10.00 Å². The van der Waals surface area contributed by atoms with Gasteiger partial charge in [0.2, 0.25) is 0 Å². The van der Waals surface area contributed by atoms with Gasteiger partial charge in [-0.2, -0.15) is 18.4 Å². The third kappa shape index (κ3) is 4.45. The van der Waals surface area contributed by atoms with Crippen LogP contribution in [-0.2, 0) is 10.9 Å². The Hall–Kier alpha value is -1.58. The van der Waals surface area contributed by atoms with Crippen LogP contribution in [0.1, 0.15) is 30.1 Å². The molecular formula is C15H17F3N2O. The average molecular weight is 298 g/mol. The molecule has 1 fully saturated rings. The minimum Gasteiger partial charge on any atom is -0.371 e. The lowest BCUT2D eigenvalue weighted by Gasteiger charge is -2.33. The van der Waals surface area contributed by atoms with E-state index in [1.54, 1.807) is 0 Å². The van der Waals surface area contributed by atoms with Gasteiger partial charge in [-0.3, -0.25) is 4.90 Å². The van der Waals surface area contributed by atoms with E-state index in [-0.39, 0.29) is 6.10 Å². The second-order valence-corrected chi connectivity index (χ2v) is 5.04. The van der Waals surface area contributed by atoms with Crippen LogP contribution in [0.25, 0.3) is 0 Å². The zero-order valence-electron chi connectivity index (χ0n) is 11.6. The Morgan fingerprint density at radius 1 is 1.29 bits per heavy atom. The molecular weight excluding hydrogens is 281 g/mol. The second-order valence-electron chi connectivity index (χ2n) is 5.04. The van der Waals surface area contributed by atoms with E-state index in [0.29, 0.717) is 19.6 Å². The molecule has 1 aromatic rings. The van der Waals surface area contributed by atoms with Crippen LogP contribution in [0.4, 0.5) is 13.2 Å². The zero-order chi connectivity index (χ0) is 15.3. The Morgan fingerprint density at radius 3 is 2.62 bits per heavy atom. The Morgan fingerprint density at radius 2 is 2.00 bits per heavy atom. The van der Waals surface area contributed by atoms with E-state index in [9.17, 15) is 13.2 Å². The van der Waals surface area contributed by atoms with Crippen molar-refractivity contribution in [2.75, 3.05) is 26.2 Å². The van der Waals surface area contributed by atoms with Crippen molar-refractivity contribution in [1.29, 1.82) is 5.26 Å². The SMILES string of the molecule is N#CCCCN1CCO[C@H](c2ccc(C(F)(F)F)cc2)C1. The van der Waals surface area contributed by atoms with E-state index < -0.39 is 11.7 Å². The topological polar surface area (TPSA) is 36.3 Å². The van der Waals surface area contributed by atoms with Crippen LogP contribution >= 0.6 is 0 Å². The Labute approximate surface area is 121 Å². The highest BCUT2D eigenvalue weighted by atomic mass is 19.4. The lowest BCUT2D eigenvalue weighted by molar-refractivity contribution is -0.137. The fourth-order valence-corrected chi connectivity index (χ4v) is 2.38. The van der Waals surface area contributed by atoms with Crippen molar-refractivity contribution in [3.05, 3.63) is 35.4 Å². The van der Waals surface area contributed by atoms with Crippen molar-refractivity contribution >= 4 is 0 Å². The number of nitriles is 1. The largest absolute Gasteiger partial charge is 0.416 e. The van der Waals surface area contributed by atoms with Gasteiger partial charge in [-0.25, -0.2) is 0 Å². The second kappa shape index (κ2) is 6.92. The highest BCUT2D eigenvalue weighted by Gasteiger charge is 2.30. The van der Waals surface area contributed by atoms with E-state index in [0.717, 1.165) is 37.2 Å². The predicted molar refractivity (Wildman–Crippen MR) is 71.4 cm³/mol. The van der Waals surface area contributed by atoms with Gasteiger partial charge >= 0.3 is 6.18 Å². The summed E-state index contributed by atoms with van der Waals surface area (Å²) in [6.45, 7) is 2.81. The van der Waals surface area contributed by atoms with Crippen LogP contribution in [0.3, 0.4) is 0 Å². The quantitative estimate of drug-likeness (QED) is 0.800.